The second-order valence-corrected chi connectivity index (χ2v) is 7.31. The minimum absolute atomic E-state index is 0.220. The lowest BCUT2D eigenvalue weighted by molar-refractivity contribution is -0.132. The molecule has 5 nitrogen and oxygen atoms in total. The summed E-state index contributed by atoms with van der Waals surface area (Å²) in [5.74, 6) is 1.69. The second kappa shape index (κ2) is 9.60. The molecule has 0 saturated carbocycles. The van der Waals surface area contributed by atoms with E-state index in [9.17, 15) is 4.79 Å². The van der Waals surface area contributed by atoms with E-state index in [1.165, 1.54) is 16.7 Å². The molecule has 5 heteroatoms. The van der Waals surface area contributed by atoms with Crippen LogP contribution in [0, 0.1) is 6.92 Å². The highest BCUT2D eigenvalue weighted by Gasteiger charge is 2.22. The molecule has 0 spiro atoms. The van der Waals surface area contributed by atoms with E-state index >= 15 is 0 Å². The van der Waals surface area contributed by atoms with E-state index in [0.717, 1.165) is 49.5 Å². The van der Waals surface area contributed by atoms with E-state index in [1.807, 2.05) is 17.0 Å². The van der Waals surface area contributed by atoms with Crippen LogP contribution >= 0.6 is 0 Å². The van der Waals surface area contributed by atoms with Crippen LogP contribution in [-0.2, 0) is 24.3 Å². The van der Waals surface area contributed by atoms with Crippen molar-refractivity contribution in [2.24, 2.45) is 0 Å². The van der Waals surface area contributed by atoms with Crippen LogP contribution in [0.5, 0.6) is 11.5 Å². The number of ether oxygens (including phenoxy) is 2. The molecule has 0 atom stereocenters. The summed E-state index contributed by atoms with van der Waals surface area (Å²) in [6.45, 7) is 5.19. The van der Waals surface area contributed by atoms with Crippen LogP contribution < -0.4 is 14.8 Å². The average Bonchev–Trinajstić information content (AvgIpc) is 2.71. The van der Waals surface area contributed by atoms with Gasteiger partial charge in [0.2, 0.25) is 5.91 Å². The van der Waals surface area contributed by atoms with Crippen LogP contribution in [0.15, 0.2) is 36.4 Å². The number of nitrogens with one attached hydrogen (secondary N) is 1. The number of benzene rings is 2. The van der Waals surface area contributed by atoms with E-state index in [1.54, 1.807) is 14.2 Å². The standard InChI is InChI=1S/C23H30N2O3/c1-17-6-4-7-18(12-17)15-24-10-5-8-23(26)25-11-9-19-13-21(27-2)22(28-3)14-20(19)16-25/h4,6-7,12-14,24H,5,8-11,15-16H2,1-3H3. The molecule has 0 aliphatic carbocycles. The Kier molecular flexibility index (Phi) is 6.93. The Labute approximate surface area is 167 Å². The van der Waals surface area contributed by atoms with Crippen LogP contribution in [0.25, 0.3) is 0 Å². The lowest BCUT2D eigenvalue weighted by Crippen LogP contribution is -2.36. The molecule has 3 rings (SSSR count). The lowest BCUT2D eigenvalue weighted by Gasteiger charge is -2.29. The molecule has 2 aromatic carbocycles. The molecule has 1 heterocycles. The van der Waals surface area contributed by atoms with Crippen LogP contribution in [0.1, 0.15) is 35.1 Å². The van der Waals surface area contributed by atoms with E-state index in [0.29, 0.717) is 13.0 Å². The van der Waals surface area contributed by atoms with E-state index in [-0.39, 0.29) is 5.91 Å². The van der Waals surface area contributed by atoms with E-state index < -0.39 is 0 Å². The number of hydrogen-bond donors (Lipinski definition) is 1. The molecule has 0 aromatic heterocycles. The quantitative estimate of drug-likeness (QED) is 0.711. The molecule has 0 bridgehead atoms. The van der Waals surface area contributed by atoms with Crippen molar-refractivity contribution in [3.8, 4) is 11.5 Å². The first-order valence-electron chi connectivity index (χ1n) is 9.88. The summed E-state index contributed by atoms with van der Waals surface area (Å²) in [7, 11) is 3.29. The molecule has 1 N–H and O–H groups in total. The second-order valence-electron chi connectivity index (χ2n) is 7.31. The van der Waals surface area contributed by atoms with Gasteiger partial charge in [0.25, 0.3) is 0 Å². The van der Waals surface area contributed by atoms with Crippen molar-refractivity contribution < 1.29 is 14.3 Å². The topological polar surface area (TPSA) is 50.8 Å². The van der Waals surface area contributed by atoms with E-state index in [2.05, 4.69) is 36.5 Å². The van der Waals surface area contributed by atoms with Crippen molar-refractivity contribution in [1.29, 1.82) is 0 Å². The number of fused-ring (bicyclic) bond motifs is 1. The SMILES string of the molecule is COc1cc2c(cc1OC)CN(C(=O)CCCNCc1cccc(C)c1)CC2. The first kappa shape index (κ1) is 20.2. The highest BCUT2D eigenvalue weighted by atomic mass is 16.5. The van der Waals surface area contributed by atoms with Crippen LogP contribution in [0.4, 0.5) is 0 Å². The zero-order chi connectivity index (χ0) is 19.9. The summed E-state index contributed by atoms with van der Waals surface area (Å²) in [5.41, 5.74) is 4.94. The van der Waals surface area contributed by atoms with Crippen LogP contribution in [0.2, 0.25) is 0 Å². The van der Waals surface area contributed by atoms with Crippen molar-refractivity contribution in [3.63, 3.8) is 0 Å². The van der Waals surface area contributed by atoms with Gasteiger partial charge in [-0.2, -0.15) is 0 Å². The largest absolute Gasteiger partial charge is 0.493 e. The number of nitrogens with zero attached hydrogens (tertiary/aromatic N) is 1. The van der Waals surface area contributed by atoms with Gasteiger partial charge in [-0.15, -0.1) is 0 Å². The molecule has 150 valence electrons. The Morgan fingerprint density at radius 2 is 1.86 bits per heavy atom. The maximum absolute atomic E-state index is 12.6. The van der Waals surface area contributed by atoms with Gasteiger partial charge in [-0.05, 0) is 55.1 Å². The Balaban J connectivity index is 1.45. The summed E-state index contributed by atoms with van der Waals surface area (Å²) in [4.78, 5) is 14.6. The Bertz CT molecular complexity index is 819. The third-order valence-corrected chi connectivity index (χ3v) is 5.23. The zero-order valence-electron chi connectivity index (χ0n) is 17.1. The molecule has 28 heavy (non-hydrogen) atoms. The number of amides is 1. The molecule has 1 aliphatic rings. The van der Waals surface area contributed by atoms with Gasteiger partial charge in [-0.3, -0.25) is 4.79 Å². The number of hydrogen-bond acceptors (Lipinski definition) is 4. The molecule has 2 aromatic rings. The molecule has 1 aliphatic heterocycles. The lowest BCUT2D eigenvalue weighted by atomic mass is 9.98. The van der Waals surface area contributed by atoms with Gasteiger partial charge in [0.1, 0.15) is 0 Å². The predicted molar refractivity (Wildman–Crippen MR) is 111 cm³/mol. The van der Waals surface area contributed by atoms with Crippen molar-refractivity contribution in [2.75, 3.05) is 27.3 Å². The van der Waals surface area contributed by atoms with Gasteiger partial charge >= 0.3 is 0 Å². The van der Waals surface area contributed by atoms with Gasteiger partial charge in [0, 0.05) is 26.1 Å². The number of carbonyl (C=O) groups excluding carboxylic acids is 1. The first-order valence-corrected chi connectivity index (χ1v) is 9.88. The summed E-state index contributed by atoms with van der Waals surface area (Å²) in [6, 6.07) is 12.5. The fourth-order valence-electron chi connectivity index (χ4n) is 3.67. The first-order chi connectivity index (χ1) is 13.6. The van der Waals surface area contributed by atoms with Crippen LogP contribution in [0.3, 0.4) is 0 Å². The number of aryl methyl sites for hydroxylation is 1. The highest BCUT2D eigenvalue weighted by Crippen LogP contribution is 2.33. The molecule has 0 radical (unpaired) electrons. The summed E-state index contributed by atoms with van der Waals surface area (Å²) in [5, 5.41) is 3.43. The molecule has 0 saturated heterocycles. The third kappa shape index (κ3) is 5.04. The highest BCUT2D eigenvalue weighted by molar-refractivity contribution is 5.76. The molecule has 1 amide bonds. The van der Waals surface area contributed by atoms with Gasteiger partial charge in [-0.25, -0.2) is 0 Å². The van der Waals surface area contributed by atoms with Crippen LogP contribution in [-0.4, -0.2) is 38.1 Å². The van der Waals surface area contributed by atoms with Gasteiger partial charge in [0.05, 0.1) is 14.2 Å². The summed E-state index contributed by atoms with van der Waals surface area (Å²) in [6.07, 6.45) is 2.27. The molecular formula is C23H30N2O3. The minimum atomic E-state index is 0.220. The summed E-state index contributed by atoms with van der Waals surface area (Å²) >= 11 is 0. The predicted octanol–water partition coefficient (Wildman–Crippen LogP) is 3.47. The minimum Gasteiger partial charge on any atom is -0.493 e. The summed E-state index contributed by atoms with van der Waals surface area (Å²) < 4.78 is 10.8. The number of methoxy groups -OCH3 is 2. The Hall–Kier alpha value is -2.53. The van der Waals surface area contributed by atoms with Crippen molar-refractivity contribution in [3.05, 3.63) is 58.7 Å². The Morgan fingerprint density at radius 3 is 2.57 bits per heavy atom. The maximum Gasteiger partial charge on any atom is 0.222 e. The monoisotopic (exact) mass is 382 g/mol. The molecule has 0 unspecified atom stereocenters. The third-order valence-electron chi connectivity index (χ3n) is 5.23. The average molecular weight is 383 g/mol. The fraction of sp³-hybridized carbons (Fsp3) is 0.435. The Morgan fingerprint density at radius 1 is 1.11 bits per heavy atom. The van der Waals surface area contributed by atoms with E-state index in [4.69, 9.17) is 9.47 Å². The number of carbonyl (C=O) groups is 1. The smallest absolute Gasteiger partial charge is 0.222 e. The fourth-order valence-corrected chi connectivity index (χ4v) is 3.67. The van der Waals surface area contributed by atoms with Gasteiger partial charge < -0.3 is 19.7 Å². The molecular weight excluding hydrogens is 352 g/mol. The van der Waals surface area contributed by atoms with Crippen molar-refractivity contribution >= 4 is 5.91 Å². The normalized spacial score (nSPS) is 13.2. The maximum atomic E-state index is 12.6. The number of rotatable bonds is 8. The van der Waals surface area contributed by atoms with Crippen molar-refractivity contribution in [1.82, 2.24) is 10.2 Å². The van der Waals surface area contributed by atoms with Gasteiger partial charge in [-0.1, -0.05) is 29.8 Å². The van der Waals surface area contributed by atoms with Crippen molar-refractivity contribution in [2.45, 2.75) is 39.3 Å². The van der Waals surface area contributed by atoms with Gasteiger partial charge in [0.15, 0.2) is 11.5 Å². The zero-order valence-corrected chi connectivity index (χ0v) is 17.1. The molecule has 0 fully saturated rings.